The van der Waals surface area contributed by atoms with Gasteiger partial charge in [0, 0.05) is 0 Å². The van der Waals surface area contributed by atoms with Crippen LogP contribution in [0.1, 0.15) is 26.7 Å². The maximum absolute atomic E-state index is 5.79. The van der Waals surface area contributed by atoms with Crippen LogP contribution in [0.3, 0.4) is 0 Å². The van der Waals surface area contributed by atoms with Crippen LogP contribution < -0.4 is 9.47 Å². The third kappa shape index (κ3) is 2.91. The van der Waals surface area contributed by atoms with Crippen molar-refractivity contribution in [3.8, 4) is 11.5 Å². The number of ether oxygens (including phenoxy) is 4. The molecule has 1 aromatic carbocycles. The Balaban J connectivity index is 1.50. The molecule has 118 valence electrons. The van der Waals surface area contributed by atoms with Crippen LogP contribution in [-0.4, -0.2) is 24.4 Å². The van der Waals surface area contributed by atoms with Crippen molar-refractivity contribution in [1.82, 2.24) is 0 Å². The van der Waals surface area contributed by atoms with E-state index in [2.05, 4.69) is 13.8 Å². The highest BCUT2D eigenvalue weighted by molar-refractivity contribution is 5.32. The lowest BCUT2D eigenvalue weighted by Crippen LogP contribution is -2.40. The summed E-state index contributed by atoms with van der Waals surface area (Å²) < 4.78 is 22.5. The number of rotatable bonds is 8. The lowest BCUT2D eigenvalue weighted by molar-refractivity contribution is -0.0187. The van der Waals surface area contributed by atoms with Crippen molar-refractivity contribution in [3.05, 3.63) is 48.9 Å². The van der Waals surface area contributed by atoms with Gasteiger partial charge in [-0.2, -0.15) is 0 Å². The fourth-order valence-electron chi connectivity index (χ4n) is 2.33. The first-order valence-electron chi connectivity index (χ1n) is 7.76. The van der Waals surface area contributed by atoms with E-state index in [0.29, 0.717) is 13.2 Å². The van der Waals surface area contributed by atoms with Crippen molar-refractivity contribution >= 4 is 0 Å². The topological polar surface area (TPSA) is 36.9 Å². The molecular weight excluding hydrogens is 280 g/mol. The van der Waals surface area contributed by atoms with E-state index in [1.807, 2.05) is 36.4 Å². The molecule has 0 saturated heterocycles. The van der Waals surface area contributed by atoms with Crippen LogP contribution >= 0.6 is 0 Å². The zero-order valence-electron chi connectivity index (χ0n) is 13.1. The number of benzene rings is 1. The molecule has 22 heavy (non-hydrogen) atoms. The van der Waals surface area contributed by atoms with Gasteiger partial charge in [-0.05, 0) is 49.3 Å². The molecule has 0 amide bonds. The van der Waals surface area contributed by atoms with Gasteiger partial charge in [0.05, 0.1) is 12.5 Å². The predicted octanol–water partition coefficient (Wildman–Crippen LogP) is 3.83. The third-order valence-corrected chi connectivity index (χ3v) is 4.34. The molecule has 0 aromatic heterocycles. The monoisotopic (exact) mass is 302 g/mol. The van der Waals surface area contributed by atoms with Gasteiger partial charge in [0.25, 0.3) is 0 Å². The number of hydrogen-bond acceptors (Lipinski definition) is 4. The molecule has 0 spiro atoms. The summed E-state index contributed by atoms with van der Waals surface area (Å²) in [6.45, 7) is 5.23. The summed E-state index contributed by atoms with van der Waals surface area (Å²) in [5.41, 5.74) is -0.507. The molecule has 2 atom stereocenters. The third-order valence-electron chi connectivity index (χ3n) is 4.34. The van der Waals surface area contributed by atoms with E-state index in [9.17, 15) is 0 Å². The summed E-state index contributed by atoms with van der Waals surface area (Å²) in [7, 11) is 0. The Morgan fingerprint density at radius 1 is 0.773 bits per heavy atom. The van der Waals surface area contributed by atoms with Gasteiger partial charge < -0.3 is 18.9 Å². The molecule has 2 heterocycles. The van der Waals surface area contributed by atoms with Crippen molar-refractivity contribution in [2.45, 2.75) is 37.9 Å². The number of hydrogen-bond donors (Lipinski definition) is 0. The second-order valence-electron chi connectivity index (χ2n) is 5.73. The summed E-state index contributed by atoms with van der Waals surface area (Å²) in [5.74, 6) is 1.63. The first kappa shape index (κ1) is 14.8. The highest BCUT2D eigenvalue weighted by Crippen LogP contribution is 2.29. The Kier molecular flexibility index (Phi) is 4.01. The quantitative estimate of drug-likeness (QED) is 0.731. The van der Waals surface area contributed by atoms with Gasteiger partial charge in [0.2, 0.25) is 0 Å². The normalized spacial score (nSPS) is 28.1. The molecule has 2 aliphatic heterocycles. The maximum Gasteiger partial charge on any atom is 0.163 e. The largest absolute Gasteiger partial charge is 0.489 e. The van der Waals surface area contributed by atoms with E-state index in [0.717, 1.165) is 24.3 Å². The minimum Gasteiger partial charge on any atom is -0.489 e. The van der Waals surface area contributed by atoms with Crippen molar-refractivity contribution in [1.29, 1.82) is 0 Å². The smallest absolute Gasteiger partial charge is 0.163 e. The van der Waals surface area contributed by atoms with Gasteiger partial charge in [0.1, 0.15) is 24.7 Å². The van der Waals surface area contributed by atoms with E-state index < -0.39 is 0 Å². The van der Waals surface area contributed by atoms with E-state index >= 15 is 0 Å². The second-order valence-corrected chi connectivity index (χ2v) is 5.73. The van der Waals surface area contributed by atoms with Crippen LogP contribution in [-0.2, 0) is 9.47 Å². The minimum atomic E-state index is -0.253. The summed E-state index contributed by atoms with van der Waals surface area (Å²) >= 11 is 0. The molecule has 2 aliphatic rings. The van der Waals surface area contributed by atoms with E-state index in [1.165, 1.54) is 0 Å². The molecule has 0 fully saturated rings. The van der Waals surface area contributed by atoms with Gasteiger partial charge in [-0.25, -0.2) is 0 Å². The average Bonchev–Trinajstić information content (AvgIpc) is 2.47. The van der Waals surface area contributed by atoms with Crippen LogP contribution in [0.2, 0.25) is 0 Å². The molecule has 0 aliphatic carbocycles. The van der Waals surface area contributed by atoms with E-state index in [-0.39, 0.29) is 11.2 Å². The molecule has 4 nitrogen and oxygen atoms in total. The Bertz CT molecular complexity index is 512. The van der Waals surface area contributed by atoms with Crippen LogP contribution in [0.15, 0.2) is 48.9 Å². The molecule has 3 rings (SSSR count). The zero-order chi connectivity index (χ0) is 15.5. The van der Waals surface area contributed by atoms with E-state index in [4.69, 9.17) is 18.9 Å². The predicted molar refractivity (Wildman–Crippen MR) is 83.9 cm³/mol. The summed E-state index contributed by atoms with van der Waals surface area (Å²) in [4.78, 5) is 0. The Labute approximate surface area is 131 Å². The lowest BCUT2D eigenvalue weighted by atomic mass is 9.99. The van der Waals surface area contributed by atoms with Crippen molar-refractivity contribution in [2.24, 2.45) is 0 Å². The van der Waals surface area contributed by atoms with Crippen molar-refractivity contribution < 1.29 is 18.9 Å². The molecule has 4 heteroatoms. The lowest BCUT2D eigenvalue weighted by Gasteiger charge is -2.35. The standard InChI is InChI=1S/C18H22O4/c1-3-17(9-11-21-17)13-19-15-5-7-16(8-6-15)20-14-18(4-2)10-12-22-18/h5-12H,3-4,13-14H2,1-2H3. The molecule has 2 unspecified atom stereocenters. The maximum atomic E-state index is 5.79. The molecule has 0 bridgehead atoms. The minimum absolute atomic E-state index is 0.253. The van der Waals surface area contributed by atoms with Crippen LogP contribution in [0.4, 0.5) is 0 Å². The van der Waals surface area contributed by atoms with E-state index in [1.54, 1.807) is 12.5 Å². The fourth-order valence-corrected chi connectivity index (χ4v) is 2.33. The van der Waals surface area contributed by atoms with Crippen molar-refractivity contribution in [3.63, 3.8) is 0 Å². The summed E-state index contributed by atoms with van der Waals surface area (Å²) in [6.07, 6.45) is 9.31. The van der Waals surface area contributed by atoms with Gasteiger partial charge in [-0.15, -0.1) is 0 Å². The van der Waals surface area contributed by atoms with Crippen molar-refractivity contribution in [2.75, 3.05) is 13.2 Å². The second kappa shape index (κ2) is 5.95. The van der Waals surface area contributed by atoms with Gasteiger partial charge in [-0.3, -0.25) is 0 Å². The van der Waals surface area contributed by atoms with Gasteiger partial charge in [0.15, 0.2) is 11.2 Å². The van der Waals surface area contributed by atoms with Crippen LogP contribution in [0, 0.1) is 0 Å². The zero-order valence-corrected chi connectivity index (χ0v) is 13.1. The SMILES string of the molecule is CCC1(COc2ccc(OCC3(CC)C=CO3)cc2)C=CO1. The van der Waals surface area contributed by atoms with Gasteiger partial charge >= 0.3 is 0 Å². The molecule has 0 saturated carbocycles. The molecule has 0 radical (unpaired) electrons. The molecule has 1 aromatic rings. The first-order valence-corrected chi connectivity index (χ1v) is 7.76. The Morgan fingerprint density at radius 2 is 1.14 bits per heavy atom. The summed E-state index contributed by atoms with van der Waals surface area (Å²) in [6, 6.07) is 7.66. The Hall–Kier alpha value is -2.10. The molecule has 0 N–H and O–H groups in total. The molecular formula is C18H22O4. The van der Waals surface area contributed by atoms with Crippen LogP contribution in [0.5, 0.6) is 11.5 Å². The highest BCUT2D eigenvalue weighted by Gasteiger charge is 2.33. The fraction of sp³-hybridized carbons (Fsp3) is 0.444. The highest BCUT2D eigenvalue weighted by atomic mass is 16.6. The first-order chi connectivity index (χ1) is 10.7. The Morgan fingerprint density at radius 3 is 1.36 bits per heavy atom. The average molecular weight is 302 g/mol. The van der Waals surface area contributed by atoms with Crippen LogP contribution in [0.25, 0.3) is 0 Å². The van der Waals surface area contributed by atoms with Gasteiger partial charge in [-0.1, -0.05) is 13.8 Å². The summed E-state index contributed by atoms with van der Waals surface area (Å²) in [5, 5.41) is 0.